The van der Waals surface area contributed by atoms with E-state index in [1.807, 2.05) is 26.0 Å². The predicted molar refractivity (Wildman–Crippen MR) is 144 cm³/mol. The average Bonchev–Trinajstić information content (AvgIpc) is 3.28. The summed E-state index contributed by atoms with van der Waals surface area (Å²) in [5.41, 5.74) is 3.40. The summed E-state index contributed by atoms with van der Waals surface area (Å²) in [6.07, 6.45) is 6.07. The number of hydrogen-bond acceptors (Lipinski definition) is 4. The van der Waals surface area contributed by atoms with Gasteiger partial charge in [-0.15, -0.1) is 0 Å². The first-order chi connectivity index (χ1) is 17.4. The lowest BCUT2D eigenvalue weighted by Gasteiger charge is -2.35. The van der Waals surface area contributed by atoms with Crippen molar-refractivity contribution >= 4 is 5.97 Å². The van der Waals surface area contributed by atoms with Gasteiger partial charge in [0.2, 0.25) is 0 Å². The Hall–Kier alpha value is -2.68. The van der Waals surface area contributed by atoms with Gasteiger partial charge in [-0.25, -0.2) is 0 Å². The van der Waals surface area contributed by atoms with E-state index in [0.29, 0.717) is 11.8 Å². The number of carboxylic acids is 1. The number of carbonyl (C=O) groups is 1. The van der Waals surface area contributed by atoms with Crippen molar-refractivity contribution in [2.75, 3.05) is 32.7 Å². The molecule has 0 saturated carbocycles. The molecule has 4 rings (SSSR count). The van der Waals surface area contributed by atoms with E-state index in [1.54, 1.807) is 0 Å². The van der Waals surface area contributed by atoms with Crippen LogP contribution in [0.5, 0.6) is 0 Å². The second kappa shape index (κ2) is 12.5. The van der Waals surface area contributed by atoms with Crippen LogP contribution in [0, 0.1) is 29.1 Å². The molecule has 2 fully saturated rings. The number of piperidine rings is 1. The summed E-state index contributed by atoms with van der Waals surface area (Å²) >= 11 is 0. The highest BCUT2D eigenvalue weighted by Gasteiger charge is 2.41. The zero-order valence-electron chi connectivity index (χ0n) is 21.9. The van der Waals surface area contributed by atoms with E-state index < -0.39 is 12.0 Å². The van der Waals surface area contributed by atoms with Gasteiger partial charge in [0.15, 0.2) is 0 Å². The van der Waals surface area contributed by atoms with E-state index >= 15 is 0 Å². The maximum atomic E-state index is 12.0. The maximum Gasteiger partial charge on any atom is 0.321 e. The summed E-state index contributed by atoms with van der Waals surface area (Å²) < 4.78 is 0. The minimum absolute atomic E-state index is 0.0951. The molecule has 0 bridgehead atoms. The summed E-state index contributed by atoms with van der Waals surface area (Å²) in [4.78, 5) is 16.9. The van der Waals surface area contributed by atoms with Crippen molar-refractivity contribution in [1.82, 2.24) is 9.80 Å². The van der Waals surface area contributed by atoms with Crippen LogP contribution < -0.4 is 0 Å². The van der Waals surface area contributed by atoms with Crippen molar-refractivity contribution in [3.63, 3.8) is 0 Å². The lowest BCUT2D eigenvalue weighted by molar-refractivity contribution is -0.144. The third-order valence-electron chi connectivity index (χ3n) is 8.34. The van der Waals surface area contributed by atoms with Gasteiger partial charge in [-0.2, -0.15) is 5.26 Å². The Labute approximate surface area is 216 Å². The molecule has 0 radical (unpaired) electrons. The van der Waals surface area contributed by atoms with E-state index in [0.717, 1.165) is 50.6 Å². The highest BCUT2D eigenvalue weighted by molar-refractivity contribution is 5.73. The van der Waals surface area contributed by atoms with E-state index in [1.165, 1.54) is 36.8 Å². The molecule has 0 aliphatic carbocycles. The maximum absolute atomic E-state index is 12.0. The first kappa shape index (κ1) is 26.4. The summed E-state index contributed by atoms with van der Waals surface area (Å²) in [7, 11) is 0. The van der Waals surface area contributed by atoms with E-state index in [9.17, 15) is 9.90 Å². The molecule has 5 nitrogen and oxygen atoms in total. The Balaban J connectivity index is 1.29. The van der Waals surface area contributed by atoms with Gasteiger partial charge in [0.05, 0.1) is 11.6 Å². The van der Waals surface area contributed by atoms with E-state index in [-0.39, 0.29) is 5.92 Å². The molecule has 2 heterocycles. The third-order valence-corrected chi connectivity index (χ3v) is 8.34. The van der Waals surface area contributed by atoms with Crippen molar-refractivity contribution in [2.45, 2.75) is 57.9 Å². The third kappa shape index (κ3) is 6.75. The Morgan fingerprint density at radius 3 is 2.36 bits per heavy atom. The number of nitrogens with zero attached hydrogens (tertiary/aromatic N) is 3. The lowest BCUT2D eigenvalue weighted by Crippen LogP contribution is -2.44. The van der Waals surface area contributed by atoms with Crippen molar-refractivity contribution in [2.24, 2.45) is 17.8 Å². The molecular weight excluding hydrogens is 446 g/mol. The molecule has 0 spiro atoms. The van der Waals surface area contributed by atoms with Crippen LogP contribution in [-0.2, 0) is 11.2 Å². The van der Waals surface area contributed by atoms with Crippen molar-refractivity contribution < 1.29 is 9.90 Å². The molecule has 2 aromatic rings. The van der Waals surface area contributed by atoms with Crippen LogP contribution in [0.15, 0.2) is 54.6 Å². The molecule has 5 heteroatoms. The number of aliphatic carboxylic acids is 1. The second-order valence-electron chi connectivity index (χ2n) is 11.2. The molecule has 1 N–H and O–H groups in total. The Morgan fingerprint density at radius 1 is 1.06 bits per heavy atom. The van der Waals surface area contributed by atoms with Crippen LogP contribution in [0.1, 0.15) is 62.1 Å². The van der Waals surface area contributed by atoms with Gasteiger partial charge >= 0.3 is 5.97 Å². The molecule has 2 aromatic carbocycles. The largest absolute Gasteiger partial charge is 0.480 e. The SMILES string of the molecule is CC(C)[C@H](C(=O)O)N1C[C@H](CN2CCC(CCCc3ccc(C#N)cc3)CC2)[C@@H](c2ccccc2)C1. The number of hydrogen-bond donors (Lipinski definition) is 1. The van der Waals surface area contributed by atoms with Gasteiger partial charge < -0.3 is 10.0 Å². The standard InChI is InChI=1S/C31H41N3O2/c1-23(2)30(31(35)36)34-21-28(29(22-34)27-9-4-3-5-10-27)20-33-17-15-25(16-18-33)8-6-7-24-11-13-26(19-32)14-12-24/h3-5,9-14,23,25,28-30H,6-8,15-18,20-22H2,1-2H3,(H,35,36)/t28-,29+,30+/m0/s1. The van der Waals surface area contributed by atoms with Crippen LogP contribution in [-0.4, -0.2) is 59.6 Å². The normalized spacial score (nSPS) is 22.5. The van der Waals surface area contributed by atoms with Gasteiger partial charge in [0, 0.05) is 25.6 Å². The molecular formula is C31H41N3O2. The van der Waals surface area contributed by atoms with E-state index in [4.69, 9.17) is 5.26 Å². The summed E-state index contributed by atoms with van der Waals surface area (Å²) in [5, 5.41) is 18.9. The van der Waals surface area contributed by atoms with Crippen LogP contribution >= 0.6 is 0 Å². The van der Waals surface area contributed by atoms with E-state index in [2.05, 4.69) is 58.3 Å². The van der Waals surface area contributed by atoms with Gasteiger partial charge in [0.1, 0.15) is 6.04 Å². The lowest BCUT2D eigenvalue weighted by atomic mass is 9.87. The number of aryl methyl sites for hydroxylation is 1. The monoisotopic (exact) mass is 487 g/mol. The fourth-order valence-corrected chi connectivity index (χ4v) is 6.39. The Bertz CT molecular complexity index is 1010. The first-order valence-corrected chi connectivity index (χ1v) is 13.7. The van der Waals surface area contributed by atoms with Crippen LogP contribution in [0.4, 0.5) is 0 Å². The Morgan fingerprint density at radius 2 is 1.75 bits per heavy atom. The van der Waals surface area contributed by atoms with Crippen LogP contribution in [0.3, 0.4) is 0 Å². The molecule has 36 heavy (non-hydrogen) atoms. The zero-order valence-corrected chi connectivity index (χ0v) is 21.9. The number of nitriles is 1. The van der Waals surface area contributed by atoms with Crippen LogP contribution in [0.2, 0.25) is 0 Å². The zero-order chi connectivity index (χ0) is 25.5. The number of rotatable bonds is 10. The smallest absolute Gasteiger partial charge is 0.321 e. The highest BCUT2D eigenvalue weighted by Crippen LogP contribution is 2.36. The predicted octanol–water partition coefficient (Wildman–Crippen LogP) is 5.42. The van der Waals surface area contributed by atoms with Gasteiger partial charge in [0.25, 0.3) is 0 Å². The molecule has 0 unspecified atom stereocenters. The summed E-state index contributed by atoms with van der Waals surface area (Å²) in [6, 6.07) is 20.5. The summed E-state index contributed by atoms with van der Waals surface area (Å²) in [6.45, 7) is 9.08. The minimum atomic E-state index is -0.695. The number of carboxylic acid groups (broad SMARTS) is 1. The second-order valence-corrected chi connectivity index (χ2v) is 11.2. The molecule has 0 aromatic heterocycles. The molecule has 2 aliphatic rings. The topological polar surface area (TPSA) is 67.6 Å². The molecule has 3 atom stereocenters. The molecule has 2 aliphatic heterocycles. The Kier molecular flexibility index (Phi) is 9.18. The average molecular weight is 488 g/mol. The first-order valence-electron chi connectivity index (χ1n) is 13.7. The van der Waals surface area contributed by atoms with Gasteiger partial charge in [-0.1, -0.05) is 62.7 Å². The highest BCUT2D eigenvalue weighted by atomic mass is 16.4. The van der Waals surface area contributed by atoms with Crippen molar-refractivity contribution in [3.05, 3.63) is 71.3 Å². The molecule has 2 saturated heterocycles. The van der Waals surface area contributed by atoms with Gasteiger partial charge in [-0.05, 0) is 79.8 Å². The number of benzene rings is 2. The quantitative estimate of drug-likeness (QED) is 0.485. The number of likely N-dealkylation sites (tertiary alicyclic amines) is 2. The molecule has 0 amide bonds. The molecule has 192 valence electrons. The van der Waals surface area contributed by atoms with Crippen molar-refractivity contribution in [1.29, 1.82) is 5.26 Å². The minimum Gasteiger partial charge on any atom is -0.480 e. The van der Waals surface area contributed by atoms with Gasteiger partial charge in [-0.3, -0.25) is 9.69 Å². The van der Waals surface area contributed by atoms with Crippen LogP contribution in [0.25, 0.3) is 0 Å². The van der Waals surface area contributed by atoms with Crippen molar-refractivity contribution in [3.8, 4) is 6.07 Å². The fraction of sp³-hybridized carbons (Fsp3) is 0.548. The summed E-state index contributed by atoms with van der Waals surface area (Å²) in [5.74, 6) is 1.04. The fourth-order valence-electron chi connectivity index (χ4n) is 6.39.